The smallest absolute Gasteiger partial charge is 0.139 e. The van der Waals surface area contributed by atoms with Crippen molar-refractivity contribution in [3.63, 3.8) is 0 Å². The quantitative estimate of drug-likeness (QED) is 0.835. The van der Waals surface area contributed by atoms with E-state index in [1.165, 1.54) is 4.90 Å². The molecule has 5 heteroatoms. The summed E-state index contributed by atoms with van der Waals surface area (Å²) in [6, 6.07) is 8.25. The van der Waals surface area contributed by atoms with E-state index < -0.39 is 0 Å². The lowest BCUT2D eigenvalue weighted by atomic mass is 9.95. The molecule has 2 aromatic rings. The van der Waals surface area contributed by atoms with Crippen LogP contribution in [-0.2, 0) is 5.41 Å². The third-order valence-electron chi connectivity index (χ3n) is 3.21. The Morgan fingerprint density at radius 1 is 1.10 bits per heavy atom. The average Bonchev–Trinajstić information content (AvgIpc) is 2.43. The Morgan fingerprint density at radius 3 is 2.24 bits per heavy atom. The zero-order valence-corrected chi connectivity index (χ0v) is 14.0. The minimum atomic E-state index is -0.138. The fraction of sp³-hybridized carbons (Fsp3) is 0.375. The summed E-state index contributed by atoms with van der Waals surface area (Å²) in [4.78, 5) is 10.3. The summed E-state index contributed by atoms with van der Waals surface area (Å²) in [7, 11) is 0. The van der Waals surface area contributed by atoms with E-state index in [1.54, 1.807) is 11.8 Å². The Hall–Kier alpha value is -1.75. The van der Waals surface area contributed by atoms with Gasteiger partial charge in [-0.15, -0.1) is 11.8 Å². The van der Waals surface area contributed by atoms with Crippen molar-refractivity contribution in [2.45, 2.75) is 38.0 Å². The molecular weight excluding hydrogens is 280 g/mol. The maximum Gasteiger partial charge on any atom is 0.139 e. The third kappa shape index (κ3) is 3.67. The van der Waals surface area contributed by atoms with E-state index >= 15 is 0 Å². The molecule has 0 aliphatic carbocycles. The number of nitrogen functional groups attached to an aromatic ring is 1. The van der Waals surface area contributed by atoms with Crippen molar-refractivity contribution >= 4 is 29.1 Å². The molecule has 0 amide bonds. The highest BCUT2D eigenvalue weighted by molar-refractivity contribution is 7.98. The number of hydrogen-bond acceptors (Lipinski definition) is 5. The Kier molecular flexibility index (Phi) is 4.42. The lowest BCUT2D eigenvalue weighted by molar-refractivity contribution is 0.546. The first-order chi connectivity index (χ1) is 9.81. The van der Waals surface area contributed by atoms with Gasteiger partial charge in [0.25, 0.3) is 0 Å². The maximum absolute atomic E-state index is 6.02. The number of nitrogens with one attached hydrogen (secondary N) is 1. The second kappa shape index (κ2) is 5.93. The molecular formula is C16H22N4S. The standard InChI is InChI=1S/C16H22N4S/c1-10-13(17)19-15(16(2,3)4)20-14(10)18-11-6-8-12(21-5)9-7-11/h6-9H,1-5H3,(H3,17,18,19,20). The molecule has 0 aliphatic heterocycles. The van der Waals surface area contributed by atoms with Crippen molar-refractivity contribution in [3.05, 3.63) is 35.7 Å². The number of aromatic nitrogens is 2. The van der Waals surface area contributed by atoms with Crippen molar-refractivity contribution in [1.82, 2.24) is 9.97 Å². The van der Waals surface area contributed by atoms with Crippen LogP contribution in [0.25, 0.3) is 0 Å². The van der Waals surface area contributed by atoms with Gasteiger partial charge in [-0.3, -0.25) is 0 Å². The molecule has 0 spiro atoms. The van der Waals surface area contributed by atoms with Crippen LogP contribution < -0.4 is 11.1 Å². The van der Waals surface area contributed by atoms with Crippen LogP contribution in [0.15, 0.2) is 29.2 Å². The van der Waals surface area contributed by atoms with Crippen molar-refractivity contribution in [3.8, 4) is 0 Å². The Balaban J connectivity index is 2.36. The van der Waals surface area contributed by atoms with Crippen LogP contribution in [0.5, 0.6) is 0 Å². The lowest BCUT2D eigenvalue weighted by Gasteiger charge is -2.20. The van der Waals surface area contributed by atoms with Crippen LogP contribution in [0.1, 0.15) is 32.2 Å². The van der Waals surface area contributed by atoms with Gasteiger partial charge in [0.2, 0.25) is 0 Å². The Bertz CT molecular complexity index is 630. The van der Waals surface area contributed by atoms with Crippen LogP contribution in [0.3, 0.4) is 0 Å². The number of benzene rings is 1. The van der Waals surface area contributed by atoms with Gasteiger partial charge < -0.3 is 11.1 Å². The van der Waals surface area contributed by atoms with Crippen LogP contribution in [0, 0.1) is 6.92 Å². The SMILES string of the molecule is CSc1ccc(Nc2nc(C(C)(C)C)nc(N)c2C)cc1. The molecule has 21 heavy (non-hydrogen) atoms. The predicted octanol–water partition coefficient (Wildman–Crippen LogP) is 4.13. The summed E-state index contributed by atoms with van der Waals surface area (Å²) < 4.78 is 0. The highest BCUT2D eigenvalue weighted by Crippen LogP contribution is 2.27. The number of thioether (sulfide) groups is 1. The molecule has 0 atom stereocenters. The molecule has 1 aromatic heterocycles. The van der Waals surface area contributed by atoms with Crippen molar-refractivity contribution in [2.75, 3.05) is 17.3 Å². The molecule has 1 aromatic carbocycles. The average molecular weight is 302 g/mol. The number of nitrogens with zero attached hydrogens (tertiary/aromatic N) is 2. The van der Waals surface area contributed by atoms with Crippen molar-refractivity contribution in [2.24, 2.45) is 0 Å². The van der Waals surface area contributed by atoms with Gasteiger partial charge in [-0.05, 0) is 37.4 Å². The van der Waals surface area contributed by atoms with E-state index in [4.69, 9.17) is 5.73 Å². The van der Waals surface area contributed by atoms with Crippen LogP contribution in [-0.4, -0.2) is 16.2 Å². The van der Waals surface area contributed by atoms with Gasteiger partial charge in [-0.1, -0.05) is 20.8 Å². The van der Waals surface area contributed by atoms with E-state index in [0.29, 0.717) is 5.82 Å². The molecule has 0 aliphatic rings. The molecule has 0 radical (unpaired) electrons. The monoisotopic (exact) mass is 302 g/mol. The van der Waals surface area contributed by atoms with Gasteiger partial charge >= 0.3 is 0 Å². The van der Waals surface area contributed by atoms with Gasteiger partial charge in [-0.25, -0.2) is 9.97 Å². The summed E-state index contributed by atoms with van der Waals surface area (Å²) in [5.41, 5.74) is 7.75. The van der Waals surface area contributed by atoms with Gasteiger partial charge in [0, 0.05) is 21.6 Å². The summed E-state index contributed by atoms with van der Waals surface area (Å²) in [6.07, 6.45) is 2.06. The van der Waals surface area contributed by atoms with Gasteiger partial charge in [0.15, 0.2) is 0 Å². The predicted molar refractivity (Wildman–Crippen MR) is 91.4 cm³/mol. The van der Waals surface area contributed by atoms with Gasteiger partial charge in [-0.2, -0.15) is 0 Å². The number of nitrogens with two attached hydrogens (primary N) is 1. The van der Waals surface area contributed by atoms with Gasteiger partial charge in [0.05, 0.1) is 0 Å². The summed E-state index contributed by atoms with van der Waals surface area (Å²) in [6.45, 7) is 8.16. The van der Waals surface area contributed by atoms with Crippen LogP contribution >= 0.6 is 11.8 Å². The molecule has 4 nitrogen and oxygen atoms in total. The van der Waals surface area contributed by atoms with Crippen LogP contribution in [0.4, 0.5) is 17.3 Å². The highest BCUT2D eigenvalue weighted by atomic mass is 32.2. The van der Waals surface area contributed by atoms with E-state index in [1.807, 2.05) is 19.1 Å². The minimum absolute atomic E-state index is 0.138. The van der Waals surface area contributed by atoms with E-state index in [9.17, 15) is 0 Å². The first-order valence-corrected chi connectivity index (χ1v) is 8.09. The first-order valence-electron chi connectivity index (χ1n) is 6.87. The molecule has 0 saturated carbocycles. The van der Waals surface area contributed by atoms with Crippen molar-refractivity contribution in [1.29, 1.82) is 0 Å². The Labute approximate surface area is 130 Å². The lowest BCUT2D eigenvalue weighted by Crippen LogP contribution is -2.18. The molecule has 3 N–H and O–H groups in total. The molecule has 0 bridgehead atoms. The fourth-order valence-electron chi connectivity index (χ4n) is 1.80. The molecule has 0 unspecified atom stereocenters. The molecule has 1 heterocycles. The number of anilines is 3. The zero-order valence-electron chi connectivity index (χ0n) is 13.2. The summed E-state index contributed by atoms with van der Waals surface area (Å²) in [5, 5.41) is 3.34. The summed E-state index contributed by atoms with van der Waals surface area (Å²) >= 11 is 1.72. The normalized spacial score (nSPS) is 11.5. The molecule has 2 rings (SSSR count). The number of rotatable bonds is 3. The van der Waals surface area contributed by atoms with E-state index in [-0.39, 0.29) is 5.41 Å². The molecule has 0 saturated heterocycles. The van der Waals surface area contributed by atoms with E-state index in [0.717, 1.165) is 22.9 Å². The largest absolute Gasteiger partial charge is 0.383 e. The molecule has 0 fully saturated rings. The first kappa shape index (κ1) is 15.6. The summed E-state index contributed by atoms with van der Waals surface area (Å²) in [5.74, 6) is 2.04. The second-order valence-electron chi connectivity index (χ2n) is 6.01. The van der Waals surface area contributed by atoms with E-state index in [2.05, 4.69) is 54.4 Å². The third-order valence-corrected chi connectivity index (χ3v) is 3.95. The Morgan fingerprint density at radius 2 is 1.71 bits per heavy atom. The topological polar surface area (TPSA) is 63.8 Å². The van der Waals surface area contributed by atoms with Crippen molar-refractivity contribution < 1.29 is 0 Å². The van der Waals surface area contributed by atoms with Gasteiger partial charge in [0.1, 0.15) is 17.5 Å². The fourth-order valence-corrected chi connectivity index (χ4v) is 2.21. The van der Waals surface area contributed by atoms with Crippen LogP contribution in [0.2, 0.25) is 0 Å². The second-order valence-corrected chi connectivity index (χ2v) is 6.89. The molecule has 112 valence electrons. The minimum Gasteiger partial charge on any atom is -0.383 e. The number of hydrogen-bond donors (Lipinski definition) is 2. The maximum atomic E-state index is 6.02. The highest BCUT2D eigenvalue weighted by Gasteiger charge is 2.20. The zero-order chi connectivity index (χ0) is 15.6.